The van der Waals surface area contributed by atoms with Gasteiger partial charge in [-0.05, 0) is 25.0 Å². The van der Waals surface area contributed by atoms with Gasteiger partial charge >= 0.3 is 0 Å². The van der Waals surface area contributed by atoms with Crippen molar-refractivity contribution in [2.75, 3.05) is 5.32 Å². The van der Waals surface area contributed by atoms with E-state index in [1.807, 2.05) is 12.1 Å². The lowest BCUT2D eigenvalue weighted by atomic mass is 10.1. The summed E-state index contributed by atoms with van der Waals surface area (Å²) in [6.07, 6.45) is 8.24. The van der Waals surface area contributed by atoms with Crippen molar-refractivity contribution in [2.24, 2.45) is 0 Å². The molecule has 0 bridgehead atoms. The Morgan fingerprint density at radius 3 is 2.92 bits per heavy atom. The number of hydrogen-bond acceptors (Lipinski definition) is 2. The van der Waals surface area contributed by atoms with Crippen molar-refractivity contribution in [1.82, 2.24) is 4.98 Å². The van der Waals surface area contributed by atoms with Crippen LogP contribution in [-0.2, 0) is 0 Å². The van der Waals surface area contributed by atoms with Crippen LogP contribution in [0.25, 0.3) is 0 Å². The van der Waals surface area contributed by atoms with Crippen LogP contribution < -0.4 is 5.32 Å². The fraction of sp³-hybridized carbons (Fsp3) is 0.545. The molecule has 0 aromatic carbocycles. The average molecular weight is 177 g/mol. The van der Waals surface area contributed by atoms with E-state index in [4.69, 9.17) is 0 Å². The highest BCUT2D eigenvalue weighted by molar-refractivity contribution is 5.39. The van der Waals surface area contributed by atoms with Gasteiger partial charge in [-0.15, -0.1) is 0 Å². The Hall–Kier alpha value is -1.05. The topological polar surface area (TPSA) is 24.9 Å². The molecule has 1 unspecified atom stereocenters. The molecule has 1 heterocycles. The predicted molar refractivity (Wildman–Crippen MR) is 55.7 cm³/mol. The standard InChI is InChI=1S/C11H17N2/c1-3-6-10(4-2)13-11-7-5-8-12-9-11/h5,7-8,10,13H,3-4,6H2,1-2H3. The molecule has 0 saturated carbocycles. The third-order valence-corrected chi connectivity index (χ3v) is 2.10. The Labute approximate surface area is 80.4 Å². The van der Waals surface area contributed by atoms with Gasteiger partial charge in [0.25, 0.3) is 0 Å². The fourth-order valence-electron chi connectivity index (χ4n) is 1.35. The summed E-state index contributed by atoms with van der Waals surface area (Å²) in [5.74, 6) is 0. The predicted octanol–water partition coefficient (Wildman–Crippen LogP) is 2.87. The summed E-state index contributed by atoms with van der Waals surface area (Å²) in [5.41, 5.74) is 1.00. The van der Waals surface area contributed by atoms with Crippen LogP contribution >= 0.6 is 0 Å². The van der Waals surface area contributed by atoms with Crippen LogP contribution in [-0.4, -0.2) is 11.0 Å². The van der Waals surface area contributed by atoms with E-state index in [1.54, 1.807) is 6.20 Å². The summed E-state index contributed by atoms with van der Waals surface area (Å²) in [4.78, 5) is 3.94. The van der Waals surface area contributed by atoms with Gasteiger partial charge in [-0.3, -0.25) is 4.98 Å². The molecule has 2 nitrogen and oxygen atoms in total. The van der Waals surface area contributed by atoms with Gasteiger partial charge in [0, 0.05) is 12.2 Å². The van der Waals surface area contributed by atoms with Crippen molar-refractivity contribution in [3.8, 4) is 0 Å². The van der Waals surface area contributed by atoms with Crippen molar-refractivity contribution in [2.45, 2.75) is 39.2 Å². The zero-order valence-electron chi connectivity index (χ0n) is 8.38. The van der Waals surface area contributed by atoms with E-state index in [9.17, 15) is 0 Å². The molecule has 0 spiro atoms. The summed E-state index contributed by atoms with van der Waals surface area (Å²) in [5, 5.41) is 3.41. The highest BCUT2D eigenvalue weighted by Crippen LogP contribution is 2.10. The molecule has 0 aliphatic heterocycles. The lowest BCUT2D eigenvalue weighted by Gasteiger charge is -2.16. The molecular weight excluding hydrogens is 160 g/mol. The smallest absolute Gasteiger partial charge is 0.114 e. The van der Waals surface area contributed by atoms with Crippen LogP contribution in [0.2, 0.25) is 0 Å². The van der Waals surface area contributed by atoms with Crippen molar-refractivity contribution < 1.29 is 0 Å². The van der Waals surface area contributed by atoms with Crippen LogP contribution in [0.1, 0.15) is 33.1 Å². The van der Waals surface area contributed by atoms with Gasteiger partial charge in [0.15, 0.2) is 0 Å². The maximum Gasteiger partial charge on any atom is 0.114 e. The summed E-state index contributed by atoms with van der Waals surface area (Å²) in [7, 11) is 0. The van der Waals surface area contributed by atoms with Crippen LogP contribution in [0.3, 0.4) is 0 Å². The molecule has 0 aliphatic rings. The average Bonchev–Trinajstić information content (AvgIpc) is 2.19. The first-order valence-electron chi connectivity index (χ1n) is 4.96. The molecule has 1 atom stereocenters. The molecule has 0 amide bonds. The monoisotopic (exact) mass is 177 g/mol. The molecule has 1 N–H and O–H groups in total. The Balaban J connectivity index is 2.46. The second-order valence-corrected chi connectivity index (χ2v) is 3.20. The SMILES string of the molecule is CCCC(CC)Nc1[c]nccc1. The fourth-order valence-corrected chi connectivity index (χ4v) is 1.35. The lowest BCUT2D eigenvalue weighted by molar-refractivity contribution is 0.622. The molecule has 13 heavy (non-hydrogen) atoms. The van der Waals surface area contributed by atoms with Gasteiger partial charge in [-0.2, -0.15) is 0 Å². The van der Waals surface area contributed by atoms with Crippen molar-refractivity contribution >= 4 is 5.69 Å². The molecule has 0 fully saturated rings. The van der Waals surface area contributed by atoms with E-state index in [1.165, 1.54) is 12.8 Å². The number of hydrogen-bond donors (Lipinski definition) is 1. The van der Waals surface area contributed by atoms with Gasteiger partial charge < -0.3 is 5.32 Å². The molecule has 71 valence electrons. The quantitative estimate of drug-likeness (QED) is 0.748. The van der Waals surface area contributed by atoms with Crippen LogP contribution in [0, 0.1) is 6.20 Å². The zero-order valence-corrected chi connectivity index (χ0v) is 8.38. The first-order chi connectivity index (χ1) is 6.36. The van der Waals surface area contributed by atoms with E-state index >= 15 is 0 Å². The van der Waals surface area contributed by atoms with Crippen molar-refractivity contribution in [1.29, 1.82) is 0 Å². The first kappa shape index (κ1) is 10.0. The molecule has 1 rings (SSSR count). The zero-order chi connectivity index (χ0) is 9.52. The summed E-state index contributed by atoms with van der Waals surface area (Å²) in [6, 6.07) is 4.49. The highest BCUT2D eigenvalue weighted by Gasteiger charge is 2.03. The Morgan fingerprint density at radius 1 is 1.54 bits per heavy atom. The minimum atomic E-state index is 0.561. The van der Waals surface area contributed by atoms with E-state index in [2.05, 4.69) is 30.3 Å². The normalized spacial score (nSPS) is 12.5. The Kier molecular flexibility index (Phi) is 4.30. The number of nitrogens with zero attached hydrogens (tertiary/aromatic N) is 1. The summed E-state index contributed by atoms with van der Waals surface area (Å²) < 4.78 is 0. The van der Waals surface area contributed by atoms with E-state index in [-0.39, 0.29) is 0 Å². The van der Waals surface area contributed by atoms with E-state index < -0.39 is 0 Å². The molecule has 1 aromatic rings. The number of aromatic nitrogens is 1. The highest BCUT2D eigenvalue weighted by atomic mass is 14.9. The van der Waals surface area contributed by atoms with E-state index in [0.717, 1.165) is 12.1 Å². The number of pyridine rings is 1. The number of nitrogens with one attached hydrogen (secondary N) is 1. The van der Waals surface area contributed by atoms with Gasteiger partial charge in [-0.1, -0.05) is 20.3 Å². The maximum absolute atomic E-state index is 3.94. The number of anilines is 1. The van der Waals surface area contributed by atoms with Gasteiger partial charge in [0.1, 0.15) is 6.20 Å². The molecule has 2 heteroatoms. The van der Waals surface area contributed by atoms with Gasteiger partial charge in [0.05, 0.1) is 5.69 Å². The minimum absolute atomic E-state index is 0.561. The van der Waals surface area contributed by atoms with Gasteiger partial charge in [-0.25, -0.2) is 0 Å². The molecule has 0 saturated heterocycles. The molecular formula is C11H17N2. The van der Waals surface area contributed by atoms with Gasteiger partial charge in [0.2, 0.25) is 0 Å². The maximum atomic E-state index is 3.94. The minimum Gasteiger partial charge on any atom is -0.381 e. The third kappa shape index (κ3) is 3.45. The summed E-state index contributed by atoms with van der Waals surface area (Å²) in [6.45, 7) is 4.40. The number of rotatable bonds is 5. The second-order valence-electron chi connectivity index (χ2n) is 3.20. The van der Waals surface area contributed by atoms with Crippen LogP contribution in [0.5, 0.6) is 0 Å². The van der Waals surface area contributed by atoms with E-state index in [0.29, 0.717) is 6.04 Å². The Bertz CT molecular complexity index is 221. The summed E-state index contributed by atoms with van der Waals surface area (Å²) >= 11 is 0. The largest absolute Gasteiger partial charge is 0.381 e. The van der Waals surface area contributed by atoms with Crippen molar-refractivity contribution in [3.05, 3.63) is 24.5 Å². The first-order valence-corrected chi connectivity index (χ1v) is 4.96. The molecule has 1 radical (unpaired) electrons. The lowest BCUT2D eigenvalue weighted by Crippen LogP contribution is -2.17. The second kappa shape index (κ2) is 5.57. The molecule has 1 aromatic heterocycles. The Morgan fingerprint density at radius 2 is 2.38 bits per heavy atom. The molecule has 0 aliphatic carbocycles. The third-order valence-electron chi connectivity index (χ3n) is 2.10. The van der Waals surface area contributed by atoms with Crippen molar-refractivity contribution in [3.63, 3.8) is 0 Å². The van der Waals surface area contributed by atoms with Crippen LogP contribution in [0.4, 0.5) is 5.69 Å². The van der Waals surface area contributed by atoms with Crippen LogP contribution in [0.15, 0.2) is 18.3 Å².